The van der Waals surface area contributed by atoms with Gasteiger partial charge in [0.1, 0.15) is 11.9 Å². The average Bonchev–Trinajstić information content (AvgIpc) is 2.81. The number of hydrogen-bond acceptors (Lipinski definition) is 3. The highest BCUT2D eigenvalue weighted by Gasteiger charge is 2.22. The van der Waals surface area contributed by atoms with E-state index in [0.29, 0.717) is 12.2 Å². The van der Waals surface area contributed by atoms with Crippen LogP contribution >= 0.6 is 0 Å². The Morgan fingerprint density at radius 3 is 3.00 bits per heavy atom. The summed E-state index contributed by atoms with van der Waals surface area (Å²) in [6, 6.07) is 6.58. The lowest BCUT2D eigenvalue weighted by atomic mass is 10.1. The molecule has 0 aliphatic carbocycles. The highest BCUT2D eigenvalue weighted by atomic mass is 19.1. The third kappa shape index (κ3) is 2.00. The predicted molar refractivity (Wildman–Crippen MR) is 58.7 cm³/mol. The van der Waals surface area contributed by atoms with Gasteiger partial charge in [0.15, 0.2) is 0 Å². The highest BCUT2D eigenvalue weighted by Crippen LogP contribution is 2.24. The number of halogens is 1. The number of rotatable bonds is 2. The molecule has 1 aliphatic rings. The fourth-order valence-corrected chi connectivity index (χ4v) is 1.93. The first-order valence-corrected chi connectivity index (χ1v) is 5.22. The topological polar surface area (TPSA) is 36.3 Å². The minimum atomic E-state index is -0.378. The smallest absolute Gasteiger partial charge is 0.124 e. The molecule has 0 radical (unpaired) electrons. The number of benzene rings is 1. The summed E-state index contributed by atoms with van der Waals surface area (Å²) in [7, 11) is 1.91. The summed E-state index contributed by atoms with van der Waals surface area (Å²) in [5.41, 5.74) is 1.13. The molecule has 0 amide bonds. The third-order valence-corrected chi connectivity index (χ3v) is 2.91. The van der Waals surface area contributed by atoms with E-state index in [0.717, 1.165) is 18.7 Å². The van der Waals surface area contributed by atoms with E-state index >= 15 is 0 Å². The van der Waals surface area contributed by atoms with Crippen LogP contribution in [0.15, 0.2) is 18.2 Å². The van der Waals surface area contributed by atoms with E-state index in [1.54, 1.807) is 6.07 Å². The summed E-state index contributed by atoms with van der Waals surface area (Å²) in [5.74, 6) is -0.378. The van der Waals surface area contributed by atoms with Gasteiger partial charge in [0.05, 0.1) is 23.9 Å². The molecule has 0 spiro atoms. The van der Waals surface area contributed by atoms with Gasteiger partial charge in [-0.1, -0.05) is 0 Å². The molecule has 0 saturated carbocycles. The number of nitriles is 1. The Balaban J connectivity index is 2.28. The van der Waals surface area contributed by atoms with Crippen LogP contribution in [0.5, 0.6) is 0 Å². The molecule has 1 unspecified atom stereocenters. The summed E-state index contributed by atoms with van der Waals surface area (Å²) in [6.45, 7) is 1.41. The van der Waals surface area contributed by atoms with Crippen LogP contribution in [-0.2, 0) is 4.74 Å². The molecule has 1 aliphatic heterocycles. The number of hydrogen-bond donors (Lipinski definition) is 0. The molecule has 3 nitrogen and oxygen atoms in total. The Hall–Kier alpha value is -1.60. The average molecular weight is 220 g/mol. The van der Waals surface area contributed by atoms with E-state index in [9.17, 15) is 4.39 Å². The summed E-state index contributed by atoms with van der Waals surface area (Å²) in [5, 5.41) is 8.96. The lowest BCUT2D eigenvalue weighted by Gasteiger charge is -2.26. The maximum absolute atomic E-state index is 13.0. The van der Waals surface area contributed by atoms with Gasteiger partial charge in [-0.25, -0.2) is 4.39 Å². The van der Waals surface area contributed by atoms with Crippen LogP contribution in [0.25, 0.3) is 0 Å². The minimum Gasteiger partial charge on any atom is -0.379 e. The summed E-state index contributed by atoms with van der Waals surface area (Å²) in [6.07, 6.45) is 0.943. The zero-order valence-electron chi connectivity index (χ0n) is 9.11. The highest BCUT2D eigenvalue weighted by molar-refractivity contribution is 5.59. The van der Waals surface area contributed by atoms with Crippen LogP contribution < -0.4 is 4.90 Å². The third-order valence-electron chi connectivity index (χ3n) is 2.91. The van der Waals surface area contributed by atoms with Crippen molar-refractivity contribution in [3.05, 3.63) is 29.6 Å². The van der Waals surface area contributed by atoms with Crippen LogP contribution in [0.2, 0.25) is 0 Å². The van der Waals surface area contributed by atoms with E-state index in [1.165, 1.54) is 12.1 Å². The van der Waals surface area contributed by atoms with E-state index in [4.69, 9.17) is 10.00 Å². The summed E-state index contributed by atoms with van der Waals surface area (Å²) < 4.78 is 18.3. The molecule has 1 aromatic rings. The molecule has 2 rings (SSSR count). The Labute approximate surface area is 94.0 Å². The monoisotopic (exact) mass is 220 g/mol. The molecule has 16 heavy (non-hydrogen) atoms. The molecule has 84 valence electrons. The van der Waals surface area contributed by atoms with Gasteiger partial charge in [0.2, 0.25) is 0 Å². The minimum absolute atomic E-state index is 0.276. The number of ether oxygens (including phenoxy) is 1. The first-order chi connectivity index (χ1) is 7.72. The van der Waals surface area contributed by atoms with E-state index in [-0.39, 0.29) is 11.9 Å². The number of likely N-dealkylation sites (N-methyl/N-ethyl adjacent to an activating group) is 1. The van der Waals surface area contributed by atoms with Crippen LogP contribution in [-0.4, -0.2) is 26.3 Å². The quantitative estimate of drug-likeness (QED) is 0.764. The Kier molecular flexibility index (Phi) is 3.07. The molecule has 1 heterocycles. The lowest BCUT2D eigenvalue weighted by Crippen LogP contribution is -2.32. The molecular formula is C12H13FN2O. The lowest BCUT2D eigenvalue weighted by molar-refractivity contribution is 0.193. The fraction of sp³-hybridized carbons (Fsp3) is 0.417. The predicted octanol–water partition coefficient (Wildman–Crippen LogP) is 1.92. The van der Waals surface area contributed by atoms with Gasteiger partial charge in [-0.15, -0.1) is 0 Å². The van der Waals surface area contributed by atoms with Crippen LogP contribution in [0.4, 0.5) is 10.1 Å². The molecule has 1 fully saturated rings. The van der Waals surface area contributed by atoms with Gasteiger partial charge in [0.25, 0.3) is 0 Å². The molecule has 4 heteroatoms. The van der Waals surface area contributed by atoms with Crippen LogP contribution in [0.3, 0.4) is 0 Å². The molecule has 1 atom stereocenters. The SMILES string of the molecule is CN(c1ccc(F)cc1C#N)C1CCOC1. The van der Waals surface area contributed by atoms with Crippen molar-refractivity contribution >= 4 is 5.69 Å². The van der Waals surface area contributed by atoms with Gasteiger partial charge in [-0.3, -0.25) is 0 Å². The van der Waals surface area contributed by atoms with Crippen molar-refractivity contribution in [2.24, 2.45) is 0 Å². The van der Waals surface area contributed by atoms with Crippen molar-refractivity contribution in [1.29, 1.82) is 5.26 Å². The van der Waals surface area contributed by atoms with Crippen molar-refractivity contribution in [2.75, 3.05) is 25.2 Å². The van der Waals surface area contributed by atoms with E-state index < -0.39 is 0 Å². The van der Waals surface area contributed by atoms with Gasteiger partial charge >= 0.3 is 0 Å². The van der Waals surface area contributed by atoms with E-state index in [2.05, 4.69) is 0 Å². The summed E-state index contributed by atoms with van der Waals surface area (Å²) in [4.78, 5) is 1.99. The zero-order chi connectivity index (χ0) is 11.5. The number of nitrogens with zero attached hydrogens (tertiary/aromatic N) is 2. The second kappa shape index (κ2) is 4.50. The van der Waals surface area contributed by atoms with Crippen molar-refractivity contribution in [3.8, 4) is 6.07 Å². The maximum atomic E-state index is 13.0. The molecule has 1 aromatic carbocycles. The van der Waals surface area contributed by atoms with Gasteiger partial charge in [-0.05, 0) is 24.6 Å². The van der Waals surface area contributed by atoms with Crippen molar-refractivity contribution in [1.82, 2.24) is 0 Å². The Morgan fingerprint density at radius 2 is 2.38 bits per heavy atom. The van der Waals surface area contributed by atoms with Crippen LogP contribution in [0.1, 0.15) is 12.0 Å². The zero-order valence-corrected chi connectivity index (χ0v) is 9.11. The maximum Gasteiger partial charge on any atom is 0.124 e. The second-order valence-corrected chi connectivity index (χ2v) is 3.90. The molecule has 0 N–H and O–H groups in total. The van der Waals surface area contributed by atoms with Crippen molar-refractivity contribution in [2.45, 2.75) is 12.5 Å². The van der Waals surface area contributed by atoms with E-state index in [1.807, 2.05) is 18.0 Å². The molecular weight excluding hydrogens is 207 g/mol. The first-order valence-electron chi connectivity index (χ1n) is 5.22. The molecule has 0 aromatic heterocycles. The fourth-order valence-electron chi connectivity index (χ4n) is 1.93. The molecule has 1 saturated heterocycles. The largest absolute Gasteiger partial charge is 0.379 e. The Morgan fingerprint density at radius 1 is 1.56 bits per heavy atom. The van der Waals surface area contributed by atoms with Gasteiger partial charge in [-0.2, -0.15) is 5.26 Å². The van der Waals surface area contributed by atoms with Crippen molar-refractivity contribution < 1.29 is 9.13 Å². The van der Waals surface area contributed by atoms with Crippen molar-refractivity contribution in [3.63, 3.8) is 0 Å². The van der Waals surface area contributed by atoms with Crippen LogP contribution in [0, 0.1) is 17.1 Å². The second-order valence-electron chi connectivity index (χ2n) is 3.90. The molecule has 0 bridgehead atoms. The standard InChI is InChI=1S/C12H13FN2O/c1-15(11-4-5-16-8-11)12-3-2-10(13)6-9(12)7-14/h2-3,6,11H,4-5,8H2,1H3. The first kappa shape index (κ1) is 10.9. The van der Waals surface area contributed by atoms with Gasteiger partial charge in [0, 0.05) is 13.7 Å². The normalized spacial score (nSPS) is 19.4. The Bertz CT molecular complexity index is 422. The van der Waals surface area contributed by atoms with Gasteiger partial charge < -0.3 is 9.64 Å². The summed E-state index contributed by atoms with van der Waals surface area (Å²) >= 11 is 0. The number of anilines is 1.